The highest BCUT2D eigenvalue weighted by Crippen LogP contribution is 2.40. The molecular weight excluding hydrogens is 1050 g/mol. The molecule has 5 aromatic rings. The van der Waals surface area contributed by atoms with Gasteiger partial charge in [0.2, 0.25) is 0 Å². The Hall–Kier alpha value is -7.93. The molecule has 1 aromatic heterocycles. The summed E-state index contributed by atoms with van der Waals surface area (Å²) in [5.41, 5.74) is 1.80. The van der Waals surface area contributed by atoms with Crippen molar-refractivity contribution in [3.05, 3.63) is 126 Å². The Morgan fingerprint density at radius 2 is 0.938 bits per heavy atom. The third-order valence-electron chi connectivity index (χ3n) is 14.0. The third-order valence-corrected chi connectivity index (χ3v) is 15.2. The summed E-state index contributed by atoms with van der Waals surface area (Å²) in [5.74, 6) is -1.55. The molecule has 0 bridgehead atoms. The number of esters is 6. The molecule has 2 fully saturated rings. The lowest BCUT2D eigenvalue weighted by Gasteiger charge is -2.26. The fourth-order valence-corrected chi connectivity index (χ4v) is 10.6. The van der Waals surface area contributed by atoms with Gasteiger partial charge in [0.1, 0.15) is 33.5 Å². The first-order valence-electron chi connectivity index (χ1n) is 27.4. The van der Waals surface area contributed by atoms with Crippen LogP contribution in [0.3, 0.4) is 0 Å². The molecule has 4 aromatic carbocycles. The molecule has 0 N–H and O–H groups in total. The van der Waals surface area contributed by atoms with Gasteiger partial charge in [0.25, 0.3) is 5.69 Å². The van der Waals surface area contributed by atoms with E-state index in [4.69, 9.17) is 42.9 Å². The van der Waals surface area contributed by atoms with Gasteiger partial charge in [0, 0.05) is 36.3 Å². The number of hydrogen-bond acceptors (Lipinski definition) is 18. The monoisotopic (exact) mass is 1120 g/mol. The fraction of sp³-hybridized carbons (Fsp3) is 0.426. The normalized spacial score (nSPS) is 16.8. The summed E-state index contributed by atoms with van der Waals surface area (Å²) in [6.07, 6.45) is 13.2. The molecule has 0 radical (unpaired) electrons. The quantitative estimate of drug-likeness (QED) is 0.00791. The largest absolute Gasteiger partial charge is 0.494 e. The molecule has 424 valence electrons. The summed E-state index contributed by atoms with van der Waals surface area (Å²) in [7, 11) is 0. The lowest BCUT2D eigenvalue weighted by Crippen LogP contribution is -2.30. The van der Waals surface area contributed by atoms with E-state index < -0.39 is 34.7 Å². The van der Waals surface area contributed by atoms with Crippen molar-refractivity contribution < 1.29 is 71.6 Å². The van der Waals surface area contributed by atoms with Gasteiger partial charge in [-0.05, 0) is 175 Å². The number of rotatable bonds is 30. The third kappa shape index (κ3) is 18.3. The number of non-ortho nitro benzene ring substituents is 1. The molecule has 1 heterocycles. The van der Waals surface area contributed by atoms with Crippen LogP contribution >= 0.6 is 11.3 Å². The zero-order valence-electron chi connectivity index (χ0n) is 44.9. The van der Waals surface area contributed by atoms with Gasteiger partial charge >= 0.3 is 35.8 Å². The Kier molecular flexibility index (Phi) is 23.2. The highest BCUT2D eigenvalue weighted by molar-refractivity contribution is 7.21. The van der Waals surface area contributed by atoms with E-state index in [2.05, 4.69) is 13.2 Å². The van der Waals surface area contributed by atoms with Crippen LogP contribution in [0.25, 0.3) is 20.8 Å². The van der Waals surface area contributed by atoms with Crippen LogP contribution in [0.4, 0.5) is 5.69 Å². The second-order valence-corrected chi connectivity index (χ2v) is 20.7. The Balaban J connectivity index is 0.848. The van der Waals surface area contributed by atoms with Crippen LogP contribution in [0.1, 0.15) is 108 Å². The van der Waals surface area contributed by atoms with E-state index in [0.717, 1.165) is 69.1 Å². The van der Waals surface area contributed by atoms with Crippen LogP contribution in [0.15, 0.2) is 110 Å². The summed E-state index contributed by atoms with van der Waals surface area (Å²) in [5, 5.41) is 11.9. The number of nitro groups is 1. The second kappa shape index (κ2) is 31.0. The number of fused-ring (bicyclic) bond motifs is 1. The molecule has 80 heavy (non-hydrogen) atoms. The van der Waals surface area contributed by atoms with Gasteiger partial charge in [-0.2, -0.15) is 0 Å². The molecule has 2 saturated carbocycles. The first kappa shape index (κ1) is 59.7. The topological polar surface area (TPSA) is 232 Å². The molecule has 7 rings (SSSR count). The second-order valence-electron chi connectivity index (χ2n) is 19.7. The molecule has 2 aliphatic carbocycles. The molecule has 0 unspecified atom stereocenters. The molecule has 0 aliphatic heterocycles. The van der Waals surface area contributed by atoms with Crippen LogP contribution in [-0.4, -0.2) is 78.8 Å². The highest BCUT2D eigenvalue weighted by atomic mass is 32.1. The molecule has 0 atom stereocenters. The molecule has 0 amide bonds. The lowest BCUT2D eigenvalue weighted by atomic mass is 9.82. The van der Waals surface area contributed by atoms with E-state index in [-0.39, 0.29) is 47.8 Å². The van der Waals surface area contributed by atoms with Gasteiger partial charge in [-0.3, -0.25) is 29.3 Å². The van der Waals surface area contributed by atoms with Gasteiger partial charge in [-0.1, -0.05) is 19.2 Å². The fourth-order valence-electron chi connectivity index (χ4n) is 9.43. The Bertz CT molecular complexity index is 2900. The first-order valence-corrected chi connectivity index (χ1v) is 28.2. The minimum atomic E-state index is -0.478. The zero-order valence-corrected chi connectivity index (χ0v) is 45.7. The number of ether oxygens (including phenoxy) is 8. The molecular formula is C61H68N2O16S. The summed E-state index contributed by atoms with van der Waals surface area (Å²) < 4.78 is 45.5. The number of unbranched alkanes of at least 4 members (excludes halogenated alkanes) is 6. The van der Waals surface area contributed by atoms with Gasteiger partial charge < -0.3 is 37.9 Å². The van der Waals surface area contributed by atoms with Crippen molar-refractivity contribution in [3.63, 3.8) is 0 Å². The molecule has 18 nitrogen and oxygen atoms in total. The predicted molar refractivity (Wildman–Crippen MR) is 297 cm³/mol. The van der Waals surface area contributed by atoms with Crippen LogP contribution in [0.2, 0.25) is 0 Å². The van der Waals surface area contributed by atoms with Crippen molar-refractivity contribution in [1.29, 1.82) is 0 Å². The van der Waals surface area contributed by atoms with E-state index >= 15 is 0 Å². The van der Waals surface area contributed by atoms with Gasteiger partial charge in [0.15, 0.2) is 5.75 Å². The number of thiazole rings is 1. The smallest absolute Gasteiger partial charge is 0.330 e. The molecule has 0 spiro atoms. The van der Waals surface area contributed by atoms with Crippen LogP contribution in [0.5, 0.6) is 28.7 Å². The van der Waals surface area contributed by atoms with Gasteiger partial charge in [-0.25, -0.2) is 14.6 Å². The number of carbonyl (C=O) groups is 6. The zero-order chi connectivity index (χ0) is 56.6. The minimum Gasteiger partial charge on any atom is -0.494 e. The predicted octanol–water partition coefficient (Wildman–Crippen LogP) is 12.0. The number of carbonyl (C=O) groups excluding carboxylic acids is 6. The standard InChI is InChI=1S/C61H68N2O16S/c1-3-53(64)74-38-11-7-5-9-36-72-48-26-30-50(31-27-48)77-59(67)44-15-13-43(14-16-44)58(66)76-40-35-41-23-34-52(55-56(41)80-57(62-55)42-21-24-47(25-22-42)63(70)71)79-61(69)46-19-17-45(18-20-46)60(68)78-51-32-28-49(29-33-51)73-37-10-6-8-12-39-75-54(65)4-2/h3-4,21-34,43-46H,1-2,5-20,35-40H2. The van der Waals surface area contributed by atoms with E-state index in [1.165, 1.54) is 23.5 Å². The summed E-state index contributed by atoms with van der Waals surface area (Å²) >= 11 is 1.33. The van der Waals surface area contributed by atoms with Crippen molar-refractivity contribution in [2.24, 2.45) is 23.7 Å². The van der Waals surface area contributed by atoms with Crippen LogP contribution < -0.4 is 23.7 Å². The Morgan fingerprint density at radius 1 is 0.512 bits per heavy atom. The van der Waals surface area contributed by atoms with E-state index in [1.54, 1.807) is 66.7 Å². The van der Waals surface area contributed by atoms with Crippen molar-refractivity contribution >= 4 is 63.1 Å². The van der Waals surface area contributed by atoms with Crippen molar-refractivity contribution in [3.8, 4) is 39.3 Å². The maximum absolute atomic E-state index is 13.7. The molecule has 19 heteroatoms. The number of nitro benzene ring substituents is 1. The average Bonchev–Trinajstić information content (AvgIpc) is 3.94. The first-order chi connectivity index (χ1) is 38.9. The lowest BCUT2D eigenvalue weighted by molar-refractivity contribution is -0.384. The molecule has 0 saturated heterocycles. The Morgan fingerprint density at radius 3 is 1.39 bits per heavy atom. The number of hydrogen-bond donors (Lipinski definition) is 0. The van der Waals surface area contributed by atoms with E-state index in [0.29, 0.717) is 128 Å². The van der Waals surface area contributed by atoms with Crippen molar-refractivity contribution in [1.82, 2.24) is 4.98 Å². The van der Waals surface area contributed by atoms with Crippen molar-refractivity contribution in [2.45, 2.75) is 109 Å². The number of nitrogens with zero attached hydrogens (tertiary/aromatic N) is 2. The molecule has 2 aliphatic rings. The van der Waals surface area contributed by atoms with Gasteiger partial charge in [0.05, 0.1) is 66.3 Å². The number of aromatic nitrogens is 1. The van der Waals surface area contributed by atoms with E-state index in [9.17, 15) is 38.9 Å². The SMILES string of the molecule is C=CC(=O)OCCCCCCOc1ccc(OC(=O)C2CCC(C(=O)OCCc3ccc(OC(=O)C4CCC(C(=O)Oc5ccc(OCCCCCCOC(=O)C=C)cc5)CC4)c4nc(-c5ccc([N+](=O)[O-])cc5)sc34)CC2)cc1. The Labute approximate surface area is 468 Å². The highest BCUT2D eigenvalue weighted by Gasteiger charge is 2.34. The summed E-state index contributed by atoms with van der Waals surface area (Å²) in [4.78, 5) is 91.4. The maximum atomic E-state index is 13.7. The minimum absolute atomic E-state index is 0.0675. The van der Waals surface area contributed by atoms with Crippen LogP contribution in [-0.2, 0) is 49.4 Å². The average molecular weight is 1120 g/mol. The summed E-state index contributed by atoms with van der Waals surface area (Å²) in [6.45, 7) is 8.62. The van der Waals surface area contributed by atoms with Crippen LogP contribution in [0, 0.1) is 33.8 Å². The van der Waals surface area contributed by atoms with Gasteiger partial charge in [-0.15, -0.1) is 11.3 Å². The maximum Gasteiger partial charge on any atom is 0.330 e. The number of benzene rings is 4. The van der Waals surface area contributed by atoms with Crippen molar-refractivity contribution in [2.75, 3.05) is 33.0 Å². The van der Waals surface area contributed by atoms with E-state index in [1.807, 2.05) is 6.07 Å². The summed E-state index contributed by atoms with van der Waals surface area (Å²) in [6, 6.07) is 23.3.